The normalized spacial score (nSPS) is 11.8. The van der Waals surface area contributed by atoms with Crippen molar-refractivity contribution in [2.75, 3.05) is 12.4 Å². The van der Waals surface area contributed by atoms with Gasteiger partial charge in [0.2, 0.25) is 10.0 Å². The summed E-state index contributed by atoms with van der Waals surface area (Å²) in [6.07, 6.45) is 0. The van der Waals surface area contributed by atoms with Crippen LogP contribution in [0.4, 0.5) is 6.01 Å². The lowest BCUT2D eigenvalue weighted by Gasteiger charge is -2.20. The van der Waals surface area contributed by atoms with Gasteiger partial charge in [-0.15, -0.1) is 5.10 Å². The van der Waals surface area contributed by atoms with Gasteiger partial charge in [0.25, 0.3) is 11.8 Å². The van der Waals surface area contributed by atoms with Crippen LogP contribution >= 0.6 is 11.6 Å². The van der Waals surface area contributed by atoms with E-state index in [-0.39, 0.29) is 28.4 Å². The molecule has 3 aromatic rings. The molecule has 1 N–H and O–H groups in total. The van der Waals surface area contributed by atoms with Crippen molar-refractivity contribution in [3.8, 4) is 11.5 Å². The first-order valence-electron chi connectivity index (χ1n) is 8.68. The zero-order valence-electron chi connectivity index (χ0n) is 16.0. The first kappa shape index (κ1) is 21.0. The Labute approximate surface area is 173 Å². The number of amides is 1. The third kappa shape index (κ3) is 4.47. The van der Waals surface area contributed by atoms with E-state index in [0.717, 1.165) is 0 Å². The fraction of sp³-hybridized carbons (Fsp3) is 0.211. The van der Waals surface area contributed by atoms with Gasteiger partial charge in [0.15, 0.2) is 0 Å². The molecule has 8 nitrogen and oxygen atoms in total. The number of aromatic nitrogens is 2. The smallest absolute Gasteiger partial charge is 0.322 e. The summed E-state index contributed by atoms with van der Waals surface area (Å²) < 4.78 is 31.7. The van der Waals surface area contributed by atoms with Gasteiger partial charge in [-0.2, -0.15) is 4.31 Å². The highest BCUT2D eigenvalue weighted by molar-refractivity contribution is 7.89. The predicted molar refractivity (Wildman–Crippen MR) is 109 cm³/mol. The van der Waals surface area contributed by atoms with Crippen molar-refractivity contribution in [2.24, 2.45) is 0 Å². The summed E-state index contributed by atoms with van der Waals surface area (Å²) >= 11 is 6.10. The lowest BCUT2D eigenvalue weighted by molar-refractivity contribution is 0.102. The first-order chi connectivity index (χ1) is 13.7. The summed E-state index contributed by atoms with van der Waals surface area (Å²) in [5.41, 5.74) is 0.791. The van der Waals surface area contributed by atoms with Gasteiger partial charge in [-0.3, -0.25) is 10.1 Å². The molecule has 29 heavy (non-hydrogen) atoms. The molecule has 0 aliphatic heterocycles. The zero-order valence-corrected chi connectivity index (χ0v) is 17.5. The lowest BCUT2D eigenvalue weighted by atomic mass is 10.2. The molecule has 0 aliphatic rings. The summed E-state index contributed by atoms with van der Waals surface area (Å²) in [6, 6.07) is 12.3. The summed E-state index contributed by atoms with van der Waals surface area (Å²) in [7, 11) is -2.12. The van der Waals surface area contributed by atoms with Gasteiger partial charge in [0, 0.05) is 18.7 Å². The van der Waals surface area contributed by atoms with Crippen LogP contribution in [-0.2, 0) is 10.0 Å². The molecule has 1 amide bonds. The molecule has 10 heteroatoms. The average Bonchev–Trinajstić information content (AvgIpc) is 3.15. The van der Waals surface area contributed by atoms with Crippen molar-refractivity contribution in [3.05, 3.63) is 59.1 Å². The van der Waals surface area contributed by atoms with Crippen molar-refractivity contribution in [1.29, 1.82) is 0 Å². The van der Waals surface area contributed by atoms with E-state index in [1.54, 1.807) is 38.1 Å². The van der Waals surface area contributed by atoms with Gasteiger partial charge in [-0.05, 0) is 50.2 Å². The summed E-state index contributed by atoms with van der Waals surface area (Å²) in [4.78, 5) is 12.5. The number of nitrogens with zero attached hydrogens (tertiary/aromatic N) is 3. The van der Waals surface area contributed by atoms with Crippen LogP contribution in [-0.4, -0.2) is 41.9 Å². The van der Waals surface area contributed by atoms with Gasteiger partial charge >= 0.3 is 6.01 Å². The molecule has 0 bridgehead atoms. The summed E-state index contributed by atoms with van der Waals surface area (Å²) in [5, 5.41) is 10.6. The fourth-order valence-corrected chi connectivity index (χ4v) is 3.99. The van der Waals surface area contributed by atoms with Crippen LogP contribution in [0.25, 0.3) is 11.5 Å². The second kappa shape index (κ2) is 8.32. The van der Waals surface area contributed by atoms with Gasteiger partial charge in [-0.1, -0.05) is 28.8 Å². The third-order valence-corrected chi connectivity index (χ3v) is 6.65. The number of hydrogen-bond donors (Lipinski definition) is 1. The second-order valence-electron chi connectivity index (χ2n) is 6.49. The fourth-order valence-electron chi connectivity index (χ4n) is 2.41. The Kier molecular flexibility index (Phi) is 6.02. The molecular formula is C19H19ClN4O4S. The van der Waals surface area contributed by atoms with Crippen molar-refractivity contribution in [3.63, 3.8) is 0 Å². The number of anilines is 1. The molecule has 0 saturated heterocycles. The van der Waals surface area contributed by atoms with Gasteiger partial charge in [0.1, 0.15) is 0 Å². The van der Waals surface area contributed by atoms with Gasteiger partial charge in [0.05, 0.1) is 15.5 Å². The van der Waals surface area contributed by atoms with E-state index in [9.17, 15) is 13.2 Å². The highest BCUT2D eigenvalue weighted by atomic mass is 35.5. The van der Waals surface area contributed by atoms with Gasteiger partial charge < -0.3 is 4.42 Å². The molecule has 0 fully saturated rings. The standard InChI is InChI=1S/C19H19ClN4O4S/c1-12(2)24(3)29(26,27)14-10-8-13(9-11-14)17(25)21-19-23-22-18(28-19)15-6-4-5-7-16(15)20/h4-12H,1-3H3,(H,21,23,25). The van der Waals surface area contributed by atoms with E-state index in [1.165, 1.54) is 35.6 Å². The highest BCUT2D eigenvalue weighted by Gasteiger charge is 2.23. The maximum atomic E-state index is 12.5. The number of halogens is 1. The number of carbonyl (C=O) groups is 1. The maximum absolute atomic E-state index is 12.5. The first-order valence-corrected chi connectivity index (χ1v) is 10.5. The van der Waals surface area contributed by atoms with Crippen LogP contribution in [0.2, 0.25) is 5.02 Å². The average molecular weight is 435 g/mol. The number of carbonyl (C=O) groups excluding carboxylic acids is 1. The monoisotopic (exact) mass is 434 g/mol. The van der Waals surface area contributed by atoms with Crippen LogP contribution < -0.4 is 5.32 Å². The Morgan fingerprint density at radius 1 is 1.10 bits per heavy atom. The minimum atomic E-state index is -3.62. The Hall–Kier alpha value is -2.75. The molecule has 152 valence electrons. The molecule has 0 aliphatic carbocycles. The topological polar surface area (TPSA) is 105 Å². The van der Waals surface area contributed by atoms with Gasteiger partial charge in [-0.25, -0.2) is 8.42 Å². The summed E-state index contributed by atoms with van der Waals surface area (Å²) in [5.74, 6) is -0.343. The molecule has 0 radical (unpaired) electrons. The zero-order chi connectivity index (χ0) is 21.2. The third-order valence-electron chi connectivity index (χ3n) is 4.27. The molecular weight excluding hydrogens is 416 g/mol. The minimum Gasteiger partial charge on any atom is -0.403 e. The van der Waals surface area contributed by atoms with Crippen molar-refractivity contribution in [2.45, 2.75) is 24.8 Å². The number of nitrogens with one attached hydrogen (secondary N) is 1. The van der Waals surface area contributed by atoms with Crippen LogP contribution in [0.1, 0.15) is 24.2 Å². The van der Waals surface area contributed by atoms with E-state index < -0.39 is 15.9 Å². The van der Waals surface area contributed by atoms with Crippen molar-refractivity contribution >= 4 is 33.5 Å². The largest absolute Gasteiger partial charge is 0.403 e. The molecule has 1 aromatic heterocycles. The quantitative estimate of drug-likeness (QED) is 0.634. The van der Waals surface area contributed by atoms with E-state index in [0.29, 0.717) is 10.6 Å². The van der Waals surface area contributed by atoms with E-state index in [4.69, 9.17) is 16.0 Å². The lowest BCUT2D eigenvalue weighted by Crippen LogP contribution is -2.33. The van der Waals surface area contributed by atoms with E-state index in [1.807, 2.05) is 0 Å². The molecule has 0 atom stereocenters. The van der Waals surface area contributed by atoms with Crippen LogP contribution in [0, 0.1) is 0 Å². The van der Waals surface area contributed by atoms with Crippen LogP contribution in [0.3, 0.4) is 0 Å². The molecule has 0 spiro atoms. The minimum absolute atomic E-state index is 0.0961. The Bertz CT molecular complexity index is 1130. The number of rotatable bonds is 6. The van der Waals surface area contributed by atoms with E-state index in [2.05, 4.69) is 15.5 Å². The molecule has 0 saturated carbocycles. The highest BCUT2D eigenvalue weighted by Crippen LogP contribution is 2.27. The predicted octanol–water partition coefficient (Wildman–Crippen LogP) is 3.67. The number of sulfonamides is 1. The van der Waals surface area contributed by atoms with Crippen molar-refractivity contribution in [1.82, 2.24) is 14.5 Å². The number of hydrogen-bond acceptors (Lipinski definition) is 6. The van der Waals surface area contributed by atoms with E-state index >= 15 is 0 Å². The molecule has 2 aromatic carbocycles. The Morgan fingerprint density at radius 2 is 1.76 bits per heavy atom. The SMILES string of the molecule is CC(C)N(C)S(=O)(=O)c1ccc(C(=O)Nc2nnc(-c3ccccc3Cl)o2)cc1. The summed E-state index contributed by atoms with van der Waals surface area (Å²) in [6.45, 7) is 3.56. The van der Waals surface area contributed by atoms with Crippen LogP contribution in [0.5, 0.6) is 0 Å². The molecule has 1 heterocycles. The maximum Gasteiger partial charge on any atom is 0.322 e. The second-order valence-corrected chi connectivity index (χ2v) is 8.89. The Balaban J connectivity index is 1.75. The molecule has 0 unspecified atom stereocenters. The van der Waals surface area contributed by atoms with Crippen LogP contribution in [0.15, 0.2) is 57.8 Å². The molecule has 3 rings (SSSR count). The Morgan fingerprint density at radius 3 is 2.38 bits per heavy atom. The number of benzene rings is 2. The van der Waals surface area contributed by atoms with Crippen molar-refractivity contribution < 1.29 is 17.6 Å².